The molecule has 136 valence electrons. The van der Waals surface area contributed by atoms with Crippen molar-refractivity contribution in [1.29, 1.82) is 0 Å². The number of halogens is 1. The van der Waals surface area contributed by atoms with Gasteiger partial charge in [-0.3, -0.25) is 14.2 Å². The minimum atomic E-state index is -0.487. The fourth-order valence-electron chi connectivity index (χ4n) is 2.75. The van der Waals surface area contributed by atoms with Crippen LogP contribution in [0.25, 0.3) is 21.3 Å². The number of hydrogen-bond acceptors (Lipinski definition) is 5. The second-order valence-corrected chi connectivity index (χ2v) is 6.64. The minimum absolute atomic E-state index is 0.0447. The summed E-state index contributed by atoms with van der Waals surface area (Å²) in [6.07, 6.45) is 0.493. The third kappa shape index (κ3) is 3.66. The van der Waals surface area contributed by atoms with Gasteiger partial charge in [0.05, 0.1) is 12.0 Å². The van der Waals surface area contributed by atoms with E-state index in [-0.39, 0.29) is 24.3 Å². The number of thiophene rings is 1. The summed E-state index contributed by atoms with van der Waals surface area (Å²) in [6.45, 7) is 0.569. The van der Waals surface area contributed by atoms with Crippen LogP contribution < -0.4 is 11.3 Å². The molecule has 0 unspecified atom stereocenters. The molecule has 6 nitrogen and oxygen atoms in total. The van der Waals surface area contributed by atoms with Crippen LogP contribution in [-0.2, 0) is 22.5 Å². The molecule has 0 atom stereocenters. The van der Waals surface area contributed by atoms with Crippen molar-refractivity contribution >= 4 is 27.5 Å². The number of aromatic nitrogens is 2. The van der Waals surface area contributed by atoms with Crippen molar-refractivity contribution in [1.82, 2.24) is 9.55 Å². The number of methoxy groups -OCH3 is 1. The van der Waals surface area contributed by atoms with Crippen molar-refractivity contribution in [2.45, 2.75) is 19.4 Å². The summed E-state index contributed by atoms with van der Waals surface area (Å²) in [6, 6.07) is 5.96. The maximum atomic E-state index is 13.2. The van der Waals surface area contributed by atoms with E-state index in [1.807, 2.05) is 5.38 Å². The molecule has 0 aliphatic carbocycles. The van der Waals surface area contributed by atoms with Crippen LogP contribution in [0.3, 0.4) is 0 Å². The van der Waals surface area contributed by atoms with Crippen LogP contribution in [0.4, 0.5) is 4.39 Å². The Morgan fingerprint density at radius 1 is 1.35 bits per heavy atom. The second kappa shape index (κ2) is 7.76. The third-order valence-corrected chi connectivity index (χ3v) is 4.91. The van der Waals surface area contributed by atoms with Gasteiger partial charge in [-0.05, 0) is 17.7 Å². The molecule has 0 spiro atoms. The average Bonchev–Trinajstić information content (AvgIpc) is 3.04. The molecular formula is C18H18FN3O3S. The number of fused-ring (bicyclic) bond motifs is 1. The van der Waals surface area contributed by atoms with Crippen LogP contribution in [0.2, 0.25) is 0 Å². The number of nitrogens with zero attached hydrogens (tertiary/aromatic N) is 2. The van der Waals surface area contributed by atoms with E-state index in [0.717, 1.165) is 5.56 Å². The molecule has 1 aromatic carbocycles. The van der Waals surface area contributed by atoms with Gasteiger partial charge in [0.1, 0.15) is 16.5 Å². The number of benzene rings is 1. The number of rotatable bonds is 7. The monoisotopic (exact) mass is 375 g/mol. The first-order valence-corrected chi connectivity index (χ1v) is 8.93. The van der Waals surface area contributed by atoms with Crippen molar-refractivity contribution in [2.24, 2.45) is 5.73 Å². The van der Waals surface area contributed by atoms with E-state index in [9.17, 15) is 14.0 Å². The highest BCUT2D eigenvalue weighted by molar-refractivity contribution is 7.17. The van der Waals surface area contributed by atoms with Crippen LogP contribution in [0.5, 0.6) is 0 Å². The van der Waals surface area contributed by atoms with E-state index in [2.05, 4.69) is 4.98 Å². The third-order valence-electron chi connectivity index (χ3n) is 4.04. The van der Waals surface area contributed by atoms with Crippen LogP contribution in [0.15, 0.2) is 34.4 Å². The number of carbonyl (C=O) groups is 1. The maximum absolute atomic E-state index is 13.2. The largest absolute Gasteiger partial charge is 0.384 e. The number of amides is 1. The van der Waals surface area contributed by atoms with E-state index in [1.54, 1.807) is 19.2 Å². The number of ether oxygens (including phenoxy) is 1. The first-order chi connectivity index (χ1) is 12.5. The van der Waals surface area contributed by atoms with Gasteiger partial charge >= 0.3 is 0 Å². The zero-order valence-corrected chi connectivity index (χ0v) is 15.0. The fraction of sp³-hybridized carbons (Fsp3) is 0.278. The lowest BCUT2D eigenvalue weighted by molar-refractivity contribution is -0.118. The Morgan fingerprint density at radius 3 is 2.73 bits per heavy atom. The molecule has 0 saturated carbocycles. The highest BCUT2D eigenvalue weighted by Gasteiger charge is 2.17. The van der Waals surface area contributed by atoms with Gasteiger partial charge in [0.2, 0.25) is 5.91 Å². The van der Waals surface area contributed by atoms with Crippen LogP contribution in [0.1, 0.15) is 12.2 Å². The van der Waals surface area contributed by atoms with Crippen LogP contribution in [0, 0.1) is 5.82 Å². The molecule has 0 bridgehead atoms. The van der Waals surface area contributed by atoms with Gasteiger partial charge in [-0.15, -0.1) is 11.3 Å². The Hall–Kier alpha value is -2.58. The standard InChI is InChI=1S/C18H18FN3O3S/c1-25-9-7-15-21-17-16(18(24)22(15)8-6-14(20)23)13(10-26-17)11-2-4-12(19)5-3-11/h2-5,10H,6-9H2,1H3,(H2,20,23). The van der Waals surface area contributed by atoms with Crippen LogP contribution in [-0.4, -0.2) is 29.2 Å². The summed E-state index contributed by atoms with van der Waals surface area (Å²) >= 11 is 1.36. The first-order valence-electron chi connectivity index (χ1n) is 8.05. The van der Waals surface area contributed by atoms with E-state index in [4.69, 9.17) is 10.5 Å². The Morgan fingerprint density at radius 2 is 2.08 bits per heavy atom. The molecule has 0 fully saturated rings. The van der Waals surface area contributed by atoms with Crippen molar-refractivity contribution in [3.63, 3.8) is 0 Å². The molecule has 0 aliphatic rings. The quantitative estimate of drug-likeness (QED) is 0.687. The van der Waals surface area contributed by atoms with Gasteiger partial charge in [0.25, 0.3) is 5.56 Å². The second-order valence-electron chi connectivity index (χ2n) is 5.78. The predicted octanol–water partition coefficient (Wildman–Crippen LogP) is 2.33. The van der Waals surface area contributed by atoms with E-state index >= 15 is 0 Å². The number of nitrogens with two attached hydrogens (primary N) is 1. The SMILES string of the molecule is COCCc1nc2scc(-c3ccc(F)cc3)c2c(=O)n1CCC(N)=O. The smallest absolute Gasteiger partial charge is 0.262 e. The Labute approximate surface area is 153 Å². The molecule has 2 aromatic heterocycles. The molecule has 2 N–H and O–H groups in total. The average molecular weight is 375 g/mol. The zero-order valence-electron chi connectivity index (χ0n) is 14.2. The molecule has 0 aliphatic heterocycles. The molecule has 3 aromatic rings. The highest BCUT2D eigenvalue weighted by atomic mass is 32.1. The Balaban J connectivity index is 2.16. The van der Waals surface area contributed by atoms with Gasteiger partial charge in [0, 0.05) is 37.4 Å². The zero-order chi connectivity index (χ0) is 18.7. The summed E-state index contributed by atoms with van der Waals surface area (Å²) in [4.78, 5) is 29.5. The Bertz CT molecular complexity index is 995. The van der Waals surface area contributed by atoms with Crippen LogP contribution >= 0.6 is 11.3 Å². The first kappa shape index (κ1) is 18.2. The minimum Gasteiger partial charge on any atom is -0.384 e. The van der Waals surface area contributed by atoms with Gasteiger partial charge in [0.15, 0.2) is 0 Å². The molecule has 3 rings (SSSR count). The molecule has 8 heteroatoms. The lowest BCUT2D eigenvalue weighted by atomic mass is 10.1. The van der Waals surface area contributed by atoms with Gasteiger partial charge in [-0.25, -0.2) is 9.37 Å². The maximum Gasteiger partial charge on any atom is 0.262 e. The Kier molecular flexibility index (Phi) is 5.43. The molecular weight excluding hydrogens is 357 g/mol. The number of carbonyl (C=O) groups excluding carboxylic acids is 1. The number of primary amides is 1. The van der Waals surface area contributed by atoms with Crippen molar-refractivity contribution in [3.05, 3.63) is 51.6 Å². The number of hydrogen-bond donors (Lipinski definition) is 1. The summed E-state index contributed by atoms with van der Waals surface area (Å²) in [7, 11) is 1.57. The molecule has 0 saturated heterocycles. The normalized spacial score (nSPS) is 11.2. The molecule has 2 heterocycles. The molecule has 1 amide bonds. The summed E-state index contributed by atoms with van der Waals surface area (Å²) in [5.74, 6) is -0.274. The lowest BCUT2D eigenvalue weighted by Gasteiger charge is -2.12. The lowest BCUT2D eigenvalue weighted by Crippen LogP contribution is -2.28. The van der Waals surface area contributed by atoms with Crippen molar-refractivity contribution in [3.8, 4) is 11.1 Å². The molecule has 26 heavy (non-hydrogen) atoms. The van der Waals surface area contributed by atoms with Crippen molar-refractivity contribution < 1.29 is 13.9 Å². The summed E-state index contributed by atoms with van der Waals surface area (Å²) in [5, 5.41) is 2.30. The highest BCUT2D eigenvalue weighted by Crippen LogP contribution is 2.31. The molecule has 0 radical (unpaired) electrons. The topological polar surface area (TPSA) is 87.2 Å². The van der Waals surface area contributed by atoms with Crippen molar-refractivity contribution in [2.75, 3.05) is 13.7 Å². The van der Waals surface area contributed by atoms with Gasteiger partial charge in [-0.2, -0.15) is 0 Å². The van der Waals surface area contributed by atoms with E-state index in [0.29, 0.717) is 34.6 Å². The van der Waals surface area contributed by atoms with Gasteiger partial charge in [-0.1, -0.05) is 12.1 Å². The summed E-state index contributed by atoms with van der Waals surface area (Å²) < 4.78 is 19.8. The van der Waals surface area contributed by atoms with E-state index < -0.39 is 5.91 Å². The summed E-state index contributed by atoms with van der Waals surface area (Å²) in [5.41, 5.74) is 6.44. The predicted molar refractivity (Wildman–Crippen MR) is 98.7 cm³/mol. The van der Waals surface area contributed by atoms with E-state index in [1.165, 1.54) is 28.0 Å². The van der Waals surface area contributed by atoms with Gasteiger partial charge < -0.3 is 10.5 Å². The fourth-order valence-corrected chi connectivity index (χ4v) is 3.70.